The summed E-state index contributed by atoms with van der Waals surface area (Å²) in [5.74, 6) is 2.10. The quantitative estimate of drug-likeness (QED) is 0.898. The first kappa shape index (κ1) is 12.8. The van der Waals surface area contributed by atoms with Crippen LogP contribution in [0.5, 0.6) is 5.88 Å². The molecule has 2 aromatic heterocycles. The maximum Gasteiger partial charge on any atom is 0.218 e. The molecule has 1 atom stereocenters. The summed E-state index contributed by atoms with van der Waals surface area (Å²) in [6.45, 7) is 4.02. The van der Waals surface area contributed by atoms with Crippen molar-refractivity contribution in [3.63, 3.8) is 0 Å². The van der Waals surface area contributed by atoms with Crippen LogP contribution in [0.4, 0.5) is 5.82 Å². The van der Waals surface area contributed by atoms with E-state index in [9.17, 15) is 0 Å². The molecule has 0 saturated carbocycles. The standard InChI is InChI=1S/C13H17N3OS/c1-4-10(11-6-5-7-18-11)16-12-8-13(17-3)15-9(2)14-12/h5-8,10H,4H2,1-3H3,(H,14,15,16). The second-order valence-electron chi connectivity index (χ2n) is 3.96. The van der Waals surface area contributed by atoms with E-state index in [0.29, 0.717) is 11.7 Å². The molecule has 0 aliphatic carbocycles. The van der Waals surface area contributed by atoms with Crippen molar-refractivity contribution >= 4 is 17.2 Å². The van der Waals surface area contributed by atoms with Crippen molar-refractivity contribution in [3.05, 3.63) is 34.3 Å². The van der Waals surface area contributed by atoms with Crippen LogP contribution < -0.4 is 10.1 Å². The van der Waals surface area contributed by atoms with Crippen LogP contribution in [0, 0.1) is 6.92 Å². The highest BCUT2D eigenvalue weighted by atomic mass is 32.1. The highest BCUT2D eigenvalue weighted by molar-refractivity contribution is 7.10. The van der Waals surface area contributed by atoms with Crippen molar-refractivity contribution in [1.29, 1.82) is 0 Å². The summed E-state index contributed by atoms with van der Waals surface area (Å²) in [6, 6.07) is 6.31. The van der Waals surface area contributed by atoms with Gasteiger partial charge in [-0.05, 0) is 24.8 Å². The van der Waals surface area contributed by atoms with Crippen LogP contribution in [0.3, 0.4) is 0 Å². The smallest absolute Gasteiger partial charge is 0.218 e. The minimum absolute atomic E-state index is 0.281. The summed E-state index contributed by atoms with van der Waals surface area (Å²) >= 11 is 1.75. The lowest BCUT2D eigenvalue weighted by Crippen LogP contribution is -2.10. The van der Waals surface area contributed by atoms with E-state index >= 15 is 0 Å². The number of hydrogen-bond donors (Lipinski definition) is 1. The van der Waals surface area contributed by atoms with Crippen LogP contribution in [-0.4, -0.2) is 17.1 Å². The fourth-order valence-corrected chi connectivity index (χ4v) is 2.62. The Kier molecular flexibility index (Phi) is 4.15. The summed E-state index contributed by atoms with van der Waals surface area (Å²) in [7, 11) is 1.61. The molecule has 2 aromatic rings. The van der Waals surface area contributed by atoms with Crippen molar-refractivity contribution in [2.75, 3.05) is 12.4 Å². The Morgan fingerprint density at radius 3 is 2.89 bits per heavy atom. The highest BCUT2D eigenvalue weighted by Crippen LogP contribution is 2.26. The first-order valence-electron chi connectivity index (χ1n) is 5.92. The summed E-state index contributed by atoms with van der Waals surface area (Å²) in [6.07, 6.45) is 1.01. The van der Waals surface area contributed by atoms with Gasteiger partial charge in [0.15, 0.2) is 0 Å². The topological polar surface area (TPSA) is 47.0 Å². The van der Waals surface area contributed by atoms with Gasteiger partial charge >= 0.3 is 0 Å². The fraction of sp³-hybridized carbons (Fsp3) is 0.385. The predicted octanol–water partition coefficient (Wildman–Crippen LogP) is 3.42. The van der Waals surface area contributed by atoms with E-state index in [1.54, 1.807) is 18.4 Å². The number of hydrogen-bond acceptors (Lipinski definition) is 5. The van der Waals surface area contributed by atoms with Gasteiger partial charge in [0, 0.05) is 10.9 Å². The molecule has 0 aromatic carbocycles. The van der Waals surface area contributed by atoms with Gasteiger partial charge in [-0.3, -0.25) is 0 Å². The Morgan fingerprint density at radius 1 is 1.44 bits per heavy atom. The van der Waals surface area contributed by atoms with Crippen molar-refractivity contribution < 1.29 is 4.74 Å². The first-order valence-corrected chi connectivity index (χ1v) is 6.80. The lowest BCUT2D eigenvalue weighted by Gasteiger charge is -2.16. The summed E-state index contributed by atoms with van der Waals surface area (Å²) < 4.78 is 5.15. The van der Waals surface area contributed by atoms with E-state index in [1.165, 1.54) is 4.88 Å². The molecular weight excluding hydrogens is 246 g/mol. The van der Waals surface area contributed by atoms with Gasteiger partial charge in [-0.25, -0.2) is 4.98 Å². The zero-order valence-corrected chi connectivity index (χ0v) is 11.6. The number of rotatable bonds is 5. The molecule has 96 valence electrons. The van der Waals surface area contributed by atoms with E-state index in [4.69, 9.17) is 4.74 Å². The molecule has 0 spiro atoms. The molecule has 0 amide bonds. The molecule has 0 radical (unpaired) electrons. The first-order chi connectivity index (χ1) is 8.72. The van der Waals surface area contributed by atoms with Crippen LogP contribution in [0.1, 0.15) is 30.1 Å². The lowest BCUT2D eigenvalue weighted by molar-refractivity contribution is 0.396. The van der Waals surface area contributed by atoms with Gasteiger partial charge in [0.25, 0.3) is 0 Å². The molecule has 0 fully saturated rings. The van der Waals surface area contributed by atoms with Crippen LogP contribution in [-0.2, 0) is 0 Å². The Bertz CT molecular complexity index is 499. The number of nitrogens with one attached hydrogen (secondary N) is 1. The van der Waals surface area contributed by atoms with Crippen molar-refractivity contribution in [1.82, 2.24) is 9.97 Å². The number of ether oxygens (including phenoxy) is 1. The highest BCUT2D eigenvalue weighted by Gasteiger charge is 2.11. The maximum atomic E-state index is 5.15. The number of aromatic nitrogens is 2. The van der Waals surface area contributed by atoms with Crippen LogP contribution >= 0.6 is 11.3 Å². The molecule has 1 N–H and O–H groups in total. The van der Waals surface area contributed by atoms with Gasteiger partial charge in [0.05, 0.1) is 13.2 Å². The summed E-state index contributed by atoms with van der Waals surface area (Å²) in [4.78, 5) is 9.87. The minimum atomic E-state index is 0.281. The summed E-state index contributed by atoms with van der Waals surface area (Å²) in [5, 5.41) is 5.51. The second-order valence-corrected chi connectivity index (χ2v) is 4.94. The van der Waals surface area contributed by atoms with Gasteiger partial charge in [-0.2, -0.15) is 4.98 Å². The van der Waals surface area contributed by atoms with Gasteiger partial charge in [0.1, 0.15) is 11.6 Å². The van der Waals surface area contributed by atoms with E-state index in [-0.39, 0.29) is 6.04 Å². The molecule has 4 nitrogen and oxygen atoms in total. The third-order valence-electron chi connectivity index (χ3n) is 2.64. The average molecular weight is 263 g/mol. The molecule has 1 unspecified atom stereocenters. The Morgan fingerprint density at radius 2 is 2.28 bits per heavy atom. The largest absolute Gasteiger partial charge is 0.481 e. The summed E-state index contributed by atoms with van der Waals surface area (Å²) in [5.41, 5.74) is 0. The third kappa shape index (κ3) is 2.98. The Labute approximate surface area is 111 Å². The molecular formula is C13H17N3OS. The van der Waals surface area contributed by atoms with Crippen molar-refractivity contribution in [2.24, 2.45) is 0 Å². The van der Waals surface area contributed by atoms with Gasteiger partial charge in [0.2, 0.25) is 5.88 Å². The Balaban J connectivity index is 2.19. The normalized spacial score (nSPS) is 12.2. The second kappa shape index (κ2) is 5.82. The van der Waals surface area contributed by atoms with E-state index in [2.05, 4.69) is 39.7 Å². The number of aryl methyl sites for hydroxylation is 1. The monoisotopic (exact) mass is 263 g/mol. The van der Waals surface area contributed by atoms with Gasteiger partial charge in [-0.15, -0.1) is 11.3 Å². The van der Waals surface area contributed by atoms with Crippen molar-refractivity contribution in [3.8, 4) is 5.88 Å². The molecule has 2 rings (SSSR count). The molecule has 0 aliphatic rings. The molecule has 2 heterocycles. The average Bonchev–Trinajstić information content (AvgIpc) is 2.89. The predicted molar refractivity (Wildman–Crippen MR) is 74.3 cm³/mol. The van der Waals surface area contributed by atoms with Crippen LogP contribution in [0.15, 0.2) is 23.6 Å². The molecule has 0 saturated heterocycles. The van der Waals surface area contributed by atoms with E-state index < -0.39 is 0 Å². The molecule has 0 bridgehead atoms. The SMILES string of the molecule is CCC(Nc1cc(OC)nc(C)n1)c1cccs1. The number of anilines is 1. The fourth-order valence-electron chi connectivity index (χ4n) is 1.76. The third-order valence-corrected chi connectivity index (χ3v) is 3.63. The molecule has 18 heavy (non-hydrogen) atoms. The minimum Gasteiger partial charge on any atom is -0.481 e. The van der Waals surface area contributed by atoms with Crippen molar-refractivity contribution in [2.45, 2.75) is 26.3 Å². The van der Waals surface area contributed by atoms with E-state index in [0.717, 1.165) is 12.2 Å². The maximum absolute atomic E-state index is 5.15. The van der Waals surface area contributed by atoms with Crippen LogP contribution in [0.25, 0.3) is 0 Å². The lowest BCUT2D eigenvalue weighted by atomic mass is 10.2. The van der Waals surface area contributed by atoms with Crippen LogP contribution in [0.2, 0.25) is 0 Å². The zero-order chi connectivity index (χ0) is 13.0. The number of thiophene rings is 1. The van der Waals surface area contributed by atoms with E-state index in [1.807, 2.05) is 13.0 Å². The number of nitrogens with zero attached hydrogens (tertiary/aromatic N) is 2. The molecule has 0 aliphatic heterocycles. The van der Waals surface area contributed by atoms with Gasteiger partial charge < -0.3 is 10.1 Å². The van der Waals surface area contributed by atoms with Gasteiger partial charge in [-0.1, -0.05) is 13.0 Å². The number of methoxy groups -OCH3 is 1. The molecule has 5 heteroatoms. The Hall–Kier alpha value is -1.62. The zero-order valence-electron chi connectivity index (χ0n) is 10.8.